The van der Waals surface area contributed by atoms with E-state index >= 15 is 0 Å². The first-order chi connectivity index (χ1) is 7.63. The number of fused-ring (bicyclic) bond motifs is 3. The Morgan fingerprint density at radius 2 is 2.06 bits per heavy atom. The lowest BCUT2D eigenvalue weighted by Crippen LogP contribution is -2.19. The first-order valence-electron chi connectivity index (χ1n) is 6.53. The molecule has 2 aliphatic rings. The summed E-state index contributed by atoms with van der Waals surface area (Å²) in [5, 5.41) is 0. The quantitative estimate of drug-likeness (QED) is 0.695. The fourth-order valence-electron chi connectivity index (χ4n) is 3.55. The summed E-state index contributed by atoms with van der Waals surface area (Å²) in [6.07, 6.45) is 3.86. The summed E-state index contributed by atoms with van der Waals surface area (Å²) in [6.45, 7) is 9.44. The summed E-state index contributed by atoms with van der Waals surface area (Å²) in [5.74, 6) is 0. The molecule has 1 heteroatoms. The van der Waals surface area contributed by atoms with E-state index in [-0.39, 0.29) is 0 Å². The Kier molecular flexibility index (Phi) is 2.07. The number of likely N-dealkylation sites (N-methyl/N-ethyl adjacent to an activating group) is 1. The van der Waals surface area contributed by atoms with Gasteiger partial charge in [-0.1, -0.05) is 19.9 Å². The van der Waals surface area contributed by atoms with E-state index in [0.717, 1.165) is 6.54 Å². The van der Waals surface area contributed by atoms with Crippen LogP contribution in [-0.4, -0.2) is 13.1 Å². The van der Waals surface area contributed by atoms with E-state index in [1.54, 1.807) is 16.7 Å². The van der Waals surface area contributed by atoms with E-state index in [4.69, 9.17) is 0 Å². The number of anilines is 1. The Morgan fingerprint density at radius 1 is 1.25 bits per heavy atom. The smallest absolute Gasteiger partial charge is 0.0402 e. The van der Waals surface area contributed by atoms with Crippen molar-refractivity contribution in [3.05, 3.63) is 28.8 Å². The van der Waals surface area contributed by atoms with Crippen molar-refractivity contribution < 1.29 is 0 Å². The Morgan fingerprint density at radius 3 is 2.81 bits per heavy atom. The van der Waals surface area contributed by atoms with Gasteiger partial charge in [-0.3, -0.25) is 0 Å². The molecular weight excluding hydrogens is 194 g/mol. The zero-order chi connectivity index (χ0) is 11.3. The number of hydrogen-bond donors (Lipinski definition) is 0. The second kappa shape index (κ2) is 3.26. The monoisotopic (exact) mass is 215 g/mol. The van der Waals surface area contributed by atoms with Gasteiger partial charge in [-0.05, 0) is 54.4 Å². The van der Waals surface area contributed by atoms with E-state index in [1.165, 1.54) is 31.5 Å². The molecule has 1 nitrogen and oxygen atoms in total. The molecule has 86 valence electrons. The third-order valence-corrected chi connectivity index (χ3v) is 4.42. The summed E-state index contributed by atoms with van der Waals surface area (Å²) < 4.78 is 0. The van der Waals surface area contributed by atoms with Crippen molar-refractivity contribution in [1.82, 2.24) is 0 Å². The maximum absolute atomic E-state index is 2.52. The zero-order valence-corrected chi connectivity index (χ0v) is 10.6. The van der Waals surface area contributed by atoms with Crippen LogP contribution in [0.1, 0.15) is 43.9 Å². The molecule has 0 fully saturated rings. The highest BCUT2D eigenvalue weighted by Crippen LogP contribution is 2.45. The van der Waals surface area contributed by atoms with Gasteiger partial charge in [-0.2, -0.15) is 0 Å². The van der Waals surface area contributed by atoms with Crippen molar-refractivity contribution in [2.75, 3.05) is 18.0 Å². The lowest BCUT2D eigenvalue weighted by Gasteiger charge is -2.23. The van der Waals surface area contributed by atoms with Crippen LogP contribution in [0.15, 0.2) is 12.1 Å². The normalized spacial score (nSPS) is 21.1. The number of rotatable bonds is 1. The standard InChI is InChI=1S/C15H21N/c1-4-16-10-8-12-13(16)6-5-11-7-9-15(2,3)14(11)12/h5-6H,4,7-10H2,1-3H3. The maximum atomic E-state index is 2.52. The highest BCUT2D eigenvalue weighted by atomic mass is 15.1. The van der Waals surface area contributed by atoms with Gasteiger partial charge in [-0.15, -0.1) is 0 Å². The average molecular weight is 215 g/mol. The van der Waals surface area contributed by atoms with Gasteiger partial charge in [0.2, 0.25) is 0 Å². The Hall–Kier alpha value is -0.980. The molecule has 1 aromatic rings. The molecule has 0 aromatic heterocycles. The first kappa shape index (κ1) is 10.2. The maximum Gasteiger partial charge on any atom is 0.0402 e. The molecule has 0 saturated heterocycles. The minimum atomic E-state index is 0.407. The Bertz CT molecular complexity index is 431. The van der Waals surface area contributed by atoms with Crippen LogP contribution in [0.4, 0.5) is 5.69 Å². The van der Waals surface area contributed by atoms with Crippen molar-refractivity contribution in [1.29, 1.82) is 0 Å². The van der Waals surface area contributed by atoms with Crippen molar-refractivity contribution in [3.63, 3.8) is 0 Å². The van der Waals surface area contributed by atoms with E-state index in [9.17, 15) is 0 Å². The lowest BCUT2D eigenvalue weighted by atomic mass is 9.83. The first-order valence-corrected chi connectivity index (χ1v) is 6.53. The molecular formula is C15H21N. The summed E-state index contributed by atoms with van der Waals surface area (Å²) >= 11 is 0. The Balaban J connectivity index is 2.18. The molecule has 0 N–H and O–H groups in total. The second-order valence-corrected chi connectivity index (χ2v) is 5.81. The van der Waals surface area contributed by atoms with Gasteiger partial charge < -0.3 is 4.90 Å². The molecule has 1 aliphatic carbocycles. The zero-order valence-electron chi connectivity index (χ0n) is 10.6. The van der Waals surface area contributed by atoms with Gasteiger partial charge in [-0.25, -0.2) is 0 Å². The van der Waals surface area contributed by atoms with E-state index in [2.05, 4.69) is 37.8 Å². The third kappa shape index (κ3) is 1.24. The van der Waals surface area contributed by atoms with Gasteiger partial charge in [0.25, 0.3) is 0 Å². The SMILES string of the molecule is CCN1CCc2c1ccc1c2C(C)(C)CC1. The molecule has 0 bridgehead atoms. The van der Waals surface area contributed by atoms with E-state index < -0.39 is 0 Å². The molecule has 0 unspecified atom stereocenters. The predicted molar refractivity (Wildman–Crippen MR) is 69.4 cm³/mol. The van der Waals surface area contributed by atoms with E-state index in [1.807, 2.05) is 0 Å². The summed E-state index contributed by atoms with van der Waals surface area (Å²) in [6, 6.07) is 4.73. The van der Waals surface area contributed by atoms with Gasteiger partial charge in [0, 0.05) is 18.8 Å². The van der Waals surface area contributed by atoms with Crippen LogP contribution >= 0.6 is 0 Å². The number of nitrogens with zero attached hydrogens (tertiary/aromatic N) is 1. The van der Waals surface area contributed by atoms with Gasteiger partial charge in [0.15, 0.2) is 0 Å². The minimum Gasteiger partial charge on any atom is -0.371 e. The predicted octanol–water partition coefficient (Wildman–Crippen LogP) is 3.29. The average Bonchev–Trinajstić information content (AvgIpc) is 2.79. The second-order valence-electron chi connectivity index (χ2n) is 5.81. The molecule has 1 aromatic carbocycles. The van der Waals surface area contributed by atoms with Crippen LogP contribution in [0.25, 0.3) is 0 Å². The number of aryl methyl sites for hydroxylation is 1. The van der Waals surface area contributed by atoms with Crippen LogP contribution in [0.2, 0.25) is 0 Å². The van der Waals surface area contributed by atoms with Gasteiger partial charge in [0.05, 0.1) is 0 Å². The minimum absolute atomic E-state index is 0.407. The largest absolute Gasteiger partial charge is 0.371 e. The van der Waals surface area contributed by atoms with Crippen LogP contribution in [0.5, 0.6) is 0 Å². The lowest BCUT2D eigenvalue weighted by molar-refractivity contribution is 0.519. The number of benzene rings is 1. The molecule has 3 rings (SSSR count). The van der Waals surface area contributed by atoms with Crippen molar-refractivity contribution in [2.45, 2.75) is 45.4 Å². The highest BCUT2D eigenvalue weighted by Gasteiger charge is 2.35. The van der Waals surface area contributed by atoms with Crippen LogP contribution in [0, 0.1) is 0 Å². The van der Waals surface area contributed by atoms with Crippen molar-refractivity contribution in [3.8, 4) is 0 Å². The van der Waals surface area contributed by atoms with Crippen molar-refractivity contribution in [2.24, 2.45) is 0 Å². The summed E-state index contributed by atoms with van der Waals surface area (Å²) in [4.78, 5) is 2.52. The topological polar surface area (TPSA) is 3.24 Å². The third-order valence-electron chi connectivity index (χ3n) is 4.42. The highest BCUT2D eigenvalue weighted by molar-refractivity contribution is 5.65. The summed E-state index contributed by atoms with van der Waals surface area (Å²) in [5.41, 5.74) is 6.87. The fourth-order valence-corrected chi connectivity index (χ4v) is 3.55. The summed E-state index contributed by atoms with van der Waals surface area (Å²) in [7, 11) is 0. The van der Waals surface area contributed by atoms with Crippen LogP contribution < -0.4 is 4.90 Å². The van der Waals surface area contributed by atoms with Crippen LogP contribution in [-0.2, 0) is 18.3 Å². The molecule has 1 aliphatic heterocycles. The molecule has 0 atom stereocenters. The van der Waals surface area contributed by atoms with Gasteiger partial charge >= 0.3 is 0 Å². The van der Waals surface area contributed by atoms with Crippen molar-refractivity contribution >= 4 is 5.69 Å². The molecule has 16 heavy (non-hydrogen) atoms. The van der Waals surface area contributed by atoms with Crippen LogP contribution in [0.3, 0.4) is 0 Å². The van der Waals surface area contributed by atoms with E-state index in [0.29, 0.717) is 5.41 Å². The fraction of sp³-hybridized carbons (Fsp3) is 0.600. The van der Waals surface area contributed by atoms with Gasteiger partial charge in [0.1, 0.15) is 0 Å². The molecule has 0 saturated carbocycles. The number of hydrogen-bond acceptors (Lipinski definition) is 1. The molecule has 0 spiro atoms. The Labute approximate surface area is 98.5 Å². The molecule has 1 heterocycles. The molecule has 0 radical (unpaired) electrons. The molecule has 0 amide bonds.